The maximum absolute atomic E-state index is 11.6. The monoisotopic (exact) mass is 376 g/mol. The van der Waals surface area contributed by atoms with Crippen LogP contribution in [-0.4, -0.2) is 17.1 Å². The Kier molecular flexibility index (Phi) is 9.10. The molecule has 6 nitrogen and oxygen atoms in total. The Morgan fingerprint density at radius 3 is 2.50 bits per heavy atom. The molecule has 140 valence electrons. The van der Waals surface area contributed by atoms with E-state index in [0.717, 1.165) is 12.8 Å². The summed E-state index contributed by atoms with van der Waals surface area (Å²) in [7, 11) is 0. The third-order valence-electron chi connectivity index (χ3n) is 3.80. The number of nitrogens with two attached hydrogens (primary N) is 2. The minimum atomic E-state index is -0.190. The van der Waals surface area contributed by atoms with E-state index in [1.807, 2.05) is 6.07 Å². The average Bonchev–Trinajstić information content (AvgIpc) is 2.61. The lowest BCUT2D eigenvalue weighted by atomic mass is 9.95. The van der Waals surface area contributed by atoms with E-state index in [9.17, 15) is 4.79 Å². The predicted octanol–water partition coefficient (Wildman–Crippen LogP) is 3.06. The lowest BCUT2D eigenvalue weighted by Crippen LogP contribution is -2.38. The van der Waals surface area contributed by atoms with E-state index < -0.39 is 0 Å². The van der Waals surface area contributed by atoms with Crippen LogP contribution >= 0.6 is 11.6 Å². The summed E-state index contributed by atoms with van der Waals surface area (Å²) in [4.78, 5) is 11.6. The van der Waals surface area contributed by atoms with E-state index in [1.165, 1.54) is 37.5 Å². The number of carbonyl (C=O) groups excluding carboxylic acids is 1. The first-order valence-corrected chi connectivity index (χ1v) is 8.80. The van der Waals surface area contributed by atoms with Gasteiger partial charge < -0.3 is 21.9 Å². The minimum Gasteiger partial charge on any atom is -0.508 e. The lowest BCUT2D eigenvalue weighted by Gasteiger charge is -2.22. The first kappa shape index (κ1) is 21.4. The SMILES string of the molecule is C/C(N)=C/C=C(\N)C(=O)NC1CCCCC1.N#Cc1ccc(O)cc1Cl. The van der Waals surface area contributed by atoms with E-state index in [1.54, 1.807) is 19.1 Å². The van der Waals surface area contributed by atoms with Crippen molar-refractivity contribution in [1.29, 1.82) is 5.26 Å². The second kappa shape index (κ2) is 11.1. The number of nitrogens with one attached hydrogen (secondary N) is 1. The summed E-state index contributed by atoms with van der Waals surface area (Å²) in [5.41, 5.74) is 12.3. The molecule has 1 saturated carbocycles. The number of carbonyl (C=O) groups is 1. The Morgan fingerprint density at radius 2 is 1.96 bits per heavy atom. The summed E-state index contributed by atoms with van der Waals surface area (Å²) in [5, 5.41) is 20.5. The largest absolute Gasteiger partial charge is 0.508 e. The maximum Gasteiger partial charge on any atom is 0.267 e. The Labute approximate surface area is 159 Å². The standard InChI is InChI=1S/C12H21N3O.C7H4ClNO/c1-9(13)7-8-11(14)12(16)15-10-5-3-2-4-6-10;8-7-3-6(10)2-1-5(7)4-9/h7-8,10H,2-6,13-14H2,1H3,(H,15,16);1-3,10H/b9-7-,11-8-;. The number of aromatic hydroxyl groups is 1. The van der Waals surface area contributed by atoms with Gasteiger partial charge in [0, 0.05) is 11.7 Å². The molecule has 1 aromatic rings. The molecule has 0 atom stereocenters. The molecule has 0 aromatic heterocycles. The first-order valence-electron chi connectivity index (χ1n) is 8.42. The normalized spacial score (nSPS) is 15.4. The maximum atomic E-state index is 11.6. The van der Waals surface area contributed by atoms with Crippen molar-refractivity contribution in [3.8, 4) is 11.8 Å². The number of phenolic OH excluding ortho intramolecular Hbond substituents is 1. The molecule has 0 spiro atoms. The number of rotatable bonds is 3. The van der Waals surface area contributed by atoms with E-state index in [0.29, 0.717) is 11.3 Å². The van der Waals surface area contributed by atoms with Crippen LogP contribution in [0.3, 0.4) is 0 Å². The molecule has 6 N–H and O–H groups in total. The van der Waals surface area contributed by atoms with Crippen molar-refractivity contribution in [2.75, 3.05) is 0 Å². The number of hydrogen-bond acceptors (Lipinski definition) is 5. The third kappa shape index (κ3) is 7.95. The zero-order valence-electron chi connectivity index (χ0n) is 14.8. The zero-order chi connectivity index (χ0) is 19.5. The highest BCUT2D eigenvalue weighted by Gasteiger charge is 2.16. The molecule has 7 heteroatoms. The number of hydrogen-bond donors (Lipinski definition) is 4. The van der Waals surface area contributed by atoms with Crippen molar-refractivity contribution >= 4 is 17.5 Å². The summed E-state index contributed by atoms with van der Waals surface area (Å²) >= 11 is 5.55. The number of phenols is 1. The van der Waals surface area contributed by atoms with Crippen LogP contribution in [0.4, 0.5) is 0 Å². The van der Waals surface area contributed by atoms with Gasteiger partial charge in [0.1, 0.15) is 11.8 Å². The van der Waals surface area contributed by atoms with Crippen LogP contribution in [-0.2, 0) is 4.79 Å². The molecule has 0 aliphatic heterocycles. The fraction of sp³-hybridized carbons (Fsp3) is 0.368. The highest BCUT2D eigenvalue weighted by Crippen LogP contribution is 2.20. The van der Waals surface area contributed by atoms with Crippen LogP contribution in [0.2, 0.25) is 5.02 Å². The Morgan fingerprint density at radius 1 is 1.31 bits per heavy atom. The van der Waals surface area contributed by atoms with Crippen LogP contribution in [0.1, 0.15) is 44.6 Å². The number of benzene rings is 1. The van der Waals surface area contributed by atoms with Gasteiger partial charge >= 0.3 is 0 Å². The molecule has 2 rings (SSSR count). The number of allylic oxidation sites excluding steroid dienone is 3. The van der Waals surface area contributed by atoms with Crippen molar-refractivity contribution in [3.05, 3.63) is 52.3 Å². The van der Waals surface area contributed by atoms with Gasteiger partial charge in [-0.1, -0.05) is 30.9 Å². The molecule has 1 aliphatic carbocycles. The molecule has 0 heterocycles. The van der Waals surface area contributed by atoms with E-state index in [2.05, 4.69) is 5.32 Å². The highest BCUT2D eigenvalue weighted by atomic mass is 35.5. The van der Waals surface area contributed by atoms with Crippen LogP contribution < -0.4 is 16.8 Å². The van der Waals surface area contributed by atoms with Gasteiger partial charge in [-0.15, -0.1) is 0 Å². The Balaban J connectivity index is 0.000000289. The fourth-order valence-corrected chi connectivity index (χ4v) is 2.62. The second-order valence-electron chi connectivity index (χ2n) is 6.12. The van der Waals surface area contributed by atoms with Crippen molar-refractivity contribution in [2.24, 2.45) is 11.5 Å². The van der Waals surface area contributed by atoms with Crippen molar-refractivity contribution in [2.45, 2.75) is 45.1 Å². The summed E-state index contributed by atoms with van der Waals surface area (Å²) in [6.45, 7) is 1.75. The quantitative estimate of drug-likeness (QED) is 0.476. The molecule has 1 amide bonds. The topological polar surface area (TPSA) is 125 Å². The molecule has 1 aliphatic rings. The predicted molar refractivity (Wildman–Crippen MR) is 103 cm³/mol. The molecule has 0 saturated heterocycles. The molecule has 1 aromatic carbocycles. The molecule has 0 radical (unpaired) electrons. The van der Waals surface area contributed by atoms with Crippen LogP contribution in [0.15, 0.2) is 41.7 Å². The van der Waals surface area contributed by atoms with Crippen LogP contribution in [0.5, 0.6) is 5.75 Å². The van der Waals surface area contributed by atoms with Gasteiger partial charge in [0.25, 0.3) is 5.91 Å². The second-order valence-corrected chi connectivity index (χ2v) is 6.52. The minimum absolute atomic E-state index is 0.0731. The van der Waals surface area contributed by atoms with Gasteiger partial charge in [0.05, 0.1) is 16.3 Å². The van der Waals surface area contributed by atoms with E-state index in [-0.39, 0.29) is 28.4 Å². The van der Waals surface area contributed by atoms with Gasteiger partial charge in [-0.25, -0.2) is 0 Å². The number of halogens is 1. The van der Waals surface area contributed by atoms with E-state index >= 15 is 0 Å². The summed E-state index contributed by atoms with van der Waals surface area (Å²) in [6.07, 6.45) is 8.96. The molecule has 26 heavy (non-hydrogen) atoms. The number of nitrogens with zero attached hydrogens (tertiary/aromatic N) is 1. The van der Waals surface area contributed by atoms with Crippen molar-refractivity contribution < 1.29 is 9.90 Å². The number of nitriles is 1. The summed E-state index contributed by atoms with van der Waals surface area (Å²) in [6, 6.07) is 6.39. The summed E-state index contributed by atoms with van der Waals surface area (Å²) in [5.74, 6) is -0.117. The van der Waals surface area contributed by atoms with Crippen molar-refractivity contribution in [3.63, 3.8) is 0 Å². The van der Waals surface area contributed by atoms with Gasteiger partial charge in [-0.05, 0) is 50.1 Å². The molecular weight excluding hydrogens is 352 g/mol. The fourth-order valence-electron chi connectivity index (χ4n) is 2.41. The van der Waals surface area contributed by atoms with Crippen molar-refractivity contribution in [1.82, 2.24) is 5.32 Å². The Hall–Kier alpha value is -2.65. The molecule has 0 unspecified atom stereocenters. The molecule has 0 bridgehead atoms. The molecule has 1 fully saturated rings. The molecular formula is C19H25ClN4O2. The first-order chi connectivity index (χ1) is 12.3. The third-order valence-corrected chi connectivity index (χ3v) is 4.11. The van der Waals surface area contributed by atoms with Gasteiger partial charge in [-0.3, -0.25) is 4.79 Å². The van der Waals surface area contributed by atoms with Crippen LogP contribution in [0.25, 0.3) is 0 Å². The Bertz CT molecular complexity index is 713. The highest BCUT2D eigenvalue weighted by molar-refractivity contribution is 6.31. The van der Waals surface area contributed by atoms with Gasteiger partial charge in [-0.2, -0.15) is 5.26 Å². The number of amides is 1. The van der Waals surface area contributed by atoms with Gasteiger partial charge in [0.2, 0.25) is 0 Å². The average molecular weight is 377 g/mol. The van der Waals surface area contributed by atoms with Crippen LogP contribution in [0, 0.1) is 11.3 Å². The van der Waals surface area contributed by atoms with Gasteiger partial charge in [0.15, 0.2) is 0 Å². The smallest absolute Gasteiger partial charge is 0.267 e. The summed E-state index contributed by atoms with van der Waals surface area (Å²) < 4.78 is 0. The lowest BCUT2D eigenvalue weighted by molar-refractivity contribution is -0.118. The zero-order valence-corrected chi connectivity index (χ0v) is 15.6. The van der Waals surface area contributed by atoms with E-state index in [4.69, 9.17) is 33.4 Å².